The van der Waals surface area contributed by atoms with E-state index in [0.717, 1.165) is 12.8 Å². The topological polar surface area (TPSA) is 69.6 Å². The quantitative estimate of drug-likeness (QED) is 0.817. The maximum Gasteiger partial charge on any atom is 0.253 e. The first-order valence-corrected chi connectivity index (χ1v) is 9.60. The molecule has 0 aromatic heterocycles. The number of benzene rings is 2. The first kappa shape index (κ1) is 19.9. The van der Waals surface area contributed by atoms with Crippen LogP contribution in [0.1, 0.15) is 36.5 Å². The average Bonchev–Trinajstić information content (AvgIpc) is 2.68. The lowest BCUT2D eigenvalue weighted by Crippen LogP contribution is -2.44. The predicted molar refractivity (Wildman–Crippen MR) is 106 cm³/mol. The van der Waals surface area contributed by atoms with Crippen LogP contribution in [0, 0.1) is 17.7 Å². The Morgan fingerprint density at radius 3 is 2.61 bits per heavy atom. The third-order valence-electron chi connectivity index (χ3n) is 5.37. The summed E-state index contributed by atoms with van der Waals surface area (Å²) in [5.41, 5.74) is 1.05. The Hall–Kier alpha value is -2.89. The number of nitrogens with one attached hydrogen (secondary N) is 1. The number of aromatic hydroxyl groups is 1. The highest BCUT2D eigenvalue weighted by molar-refractivity contribution is 5.94. The van der Waals surface area contributed by atoms with Crippen LogP contribution in [0.5, 0.6) is 5.75 Å². The highest BCUT2D eigenvalue weighted by atomic mass is 19.1. The molecule has 2 N–H and O–H groups in total. The van der Waals surface area contributed by atoms with Gasteiger partial charge in [0.25, 0.3) is 5.91 Å². The van der Waals surface area contributed by atoms with E-state index in [1.807, 2.05) is 0 Å². The minimum atomic E-state index is -0.362. The summed E-state index contributed by atoms with van der Waals surface area (Å²) in [6.45, 7) is 3.24. The van der Waals surface area contributed by atoms with Gasteiger partial charge < -0.3 is 15.3 Å². The molecule has 1 aliphatic rings. The van der Waals surface area contributed by atoms with Gasteiger partial charge in [-0.2, -0.15) is 0 Å². The smallest absolute Gasteiger partial charge is 0.253 e. The van der Waals surface area contributed by atoms with Crippen molar-refractivity contribution in [1.82, 2.24) is 4.90 Å². The molecule has 2 aromatic carbocycles. The fourth-order valence-corrected chi connectivity index (χ4v) is 3.81. The zero-order valence-electron chi connectivity index (χ0n) is 15.9. The Kier molecular flexibility index (Phi) is 6.29. The molecule has 5 nitrogen and oxygen atoms in total. The van der Waals surface area contributed by atoms with E-state index in [2.05, 4.69) is 12.2 Å². The first-order chi connectivity index (χ1) is 13.5. The molecule has 0 unspecified atom stereocenters. The van der Waals surface area contributed by atoms with E-state index in [4.69, 9.17) is 0 Å². The Morgan fingerprint density at radius 2 is 1.93 bits per heavy atom. The van der Waals surface area contributed by atoms with Gasteiger partial charge >= 0.3 is 0 Å². The molecule has 1 fully saturated rings. The molecule has 28 heavy (non-hydrogen) atoms. The number of phenolic OH excluding ortho intramolecular Hbond substituents is 1. The second-order valence-corrected chi connectivity index (χ2v) is 7.28. The number of halogens is 1. The molecule has 6 heteroatoms. The van der Waals surface area contributed by atoms with Gasteiger partial charge in [0.2, 0.25) is 5.91 Å². The highest BCUT2D eigenvalue weighted by Gasteiger charge is 2.32. The maximum atomic E-state index is 13.1. The van der Waals surface area contributed by atoms with Crippen LogP contribution in [0.25, 0.3) is 0 Å². The lowest BCUT2D eigenvalue weighted by Gasteiger charge is -2.38. The van der Waals surface area contributed by atoms with Gasteiger partial charge in [-0.3, -0.25) is 9.59 Å². The SMILES string of the molecule is CC[C@@H]1CN(C(=O)c2ccc(F)cc2)CC[C@H]1CC(=O)Nc1cccc(O)c1. The third-order valence-corrected chi connectivity index (χ3v) is 5.37. The number of anilines is 1. The van der Waals surface area contributed by atoms with E-state index in [9.17, 15) is 19.1 Å². The molecule has 1 heterocycles. The van der Waals surface area contributed by atoms with E-state index >= 15 is 0 Å². The second-order valence-electron chi connectivity index (χ2n) is 7.28. The van der Waals surface area contributed by atoms with Gasteiger partial charge in [-0.15, -0.1) is 0 Å². The number of likely N-dealkylation sites (tertiary alicyclic amines) is 1. The normalized spacial score (nSPS) is 19.3. The summed E-state index contributed by atoms with van der Waals surface area (Å²) in [6.07, 6.45) is 2.00. The molecule has 0 spiro atoms. The molecule has 0 radical (unpaired) electrons. The largest absolute Gasteiger partial charge is 0.508 e. The lowest BCUT2D eigenvalue weighted by molar-refractivity contribution is -0.117. The number of carbonyl (C=O) groups excluding carboxylic acids is 2. The van der Waals surface area contributed by atoms with Gasteiger partial charge in [0.05, 0.1) is 0 Å². The summed E-state index contributed by atoms with van der Waals surface area (Å²) < 4.78 is 13.1. The van der Waals surface area contributed by atoms with Crippen LogP contribution in [0.4, 0.5) is 10.1 Å². The molecular formula is C22H25FN2O3. The fraction of sp³-hybridized carbons (Fsp3) is 0.364. The van der Waals surface area contributed by atoms with Crippen LogP contribution < -0.4 is 5.32 Å². The minimum Gasteiger partial charge on any atom is -0.508 e. The number of hydrogen-bond donors (Lipinski definition) is 2. The molecule has 2 atom stereocenters. The molecule has 1 saturated heterocycles. The molecule has 2 aromatic rings. The summed E-state index contributed by atoms with van der Waals surface area (Å²) in [4.78, 5) is 26.9. The average molecular weight is 384 g/mol. The third kappa shape index (κ3) is 4.88. The van der Waals surface area contributed by atoms with Crippen LogP contribution in [0.15, 0.2) is 48.5 Å². The molecule has 0 bridgehead atoms. The Balaban J connectivity index is 1.58. The lowest BCUT2D eigenvalue weighted by atomic mass is 9.81. The second kappa shape index (κ2) is 8.87. The minimum absolute atomic E-state index is 0.0904. The molecule has 1 aliphatic heterocycles. The van der Waals surface area contributed by atoms with Crippen molar-refractivity contribution in [2.75, 3.05) is 18.4 Å². The van der Waals surface area contributed by atoms with Crippen molar-refractivity contribution >= 4 is 17.5 Å². The number of amides is 2. The molecular weight excluding hydrogens is 359 g/mol. The first-order valence-electron chi connectivity index (χ1n) is 9.60. The van der Waals surface area contributed by atoms with Crippen molar-refractivity contribution in [2.45, 2.75) is 26.2 Å². The zero-order valence-corrected chi connectivity index (χ0v) is 15.9. The number of rotatable bonds is 5. The van der Waals surface area contributed by atoms with Crippen molar-refractivity contribution in [3.05, 3.63) is 59.9 Å². The summed E-state index contributed by atoms with van der Waals surface area (Å²) in [6, 6.07) is 12.1. The highest BCUT2D eigenvalue weighted by Crippen LogP contribution is 2.30. The van der Waals surface area contributed by atoms with Crippen LogP contribution in [-0.2, 0) is 4.79 Å². The van der Waals surface area contributed by atoms with Crippen molar-refractivity contribution in [2.24, 2.45) is 11.8 Å². The molecule has 0 saturated carbocycles. The van der Waals surface area contributed by atoms with Gasteiger partial charge in [0.1, 0.15) is 11.6 Å². The maximum absolute atomic E-state index is 13.1. The van der Waals surface area contributed by atoms with Gasteiger partial charge in [-0.1, -0.05) is 19.4 Å². The van der Waals surface area contributed by atoms with Crippen LogP contribution in [-0.4, -0.2) is 34.9 Å². The fourth-order valence-electron chi connectivity index (χ4n) is 3.81. The number of phenols is 1. The molecule has 148 valence electrons. The molecule has 0 aliphatic carbocycles. The number of hydrogen-bond acceptors (Lipinski definition) is 3. The molecule has 3 rings (SSSR count). The van der Waals surface area contributed by atoms with Crippen molar-refractivity contribution in [3.8, 4) is 5.75 Å². The monoisotopic (exact) mass is 384 g/mol. The summed E-state index contributed by atoms with van der Waals surface area (Å²) in [5, 5.41) is 12.3. The summed E-state index contributed by atoms with van der Waals surface area (Å²) >= 11 is 0. The van der Waals surface area contributed by atoms with Gasteiger partial charge in [-0.25, -0.2) is 4.39 Å². The zero-order chi connectivity index (χ0) is 20.1. The van der Waals surface area contributed by atoms with Crippen LogP contribution >= 0.6 is 0 Å². The number of piperidine rings is 1. The molecule has 2 amide bonds. The summed E-state index contributed by atoms with van der Waals surface area (Å²) in [5.74, 6) is -0.0163. The van der Waals surface area contributed by atoms with E-state index < -0.39 is 0 Å². The van der Waals surface area contributed by atoms with E-state index in [1.165, 1.54) is 30.3 Å². The van der Waals surface area contributed by atoms with E-state index in [1.54, 1.807) is 23.1 Å². The number of nitrogens with zero attached hydrogens (tertiary/aromatic N) is 1. The van der Waals surface area contributed by atoms with Crippen molar-refractivity contribution in [3.63, 3.8) is 0 Å². The number of carbonyl (C=O) groups is 2. The van der Waals surface area contributed by atoms with Gasteiger partial charge in [-0.05, 0) is 54.7 Å². The van der Waals surface area contributed by atoms with Crippen molar-refractivity contribution < 1.29 is 19.1 Å². The Morgan fingerprint density at radius 1 is 1.18 bits per heavy atom. The Bertz CT molecular complexity index is 838. The summed E-state index contributed by atoms with van der Waals surface area (Å²) in [7, 11) is 0. The van der Waals surface area contributed by atoms with Crippen LogP contribution in [0.2, 0.25) is 0 Å². The Labute approximate surface area is 164 Å². The van der Waals surface area contributed by atoms with Crippen LogP contribution in [0.3, 0.4) is 0 Å². The predicted octanol–water partition coefficient (Wildman–Crippen LogP) is 4.05. The van der Waals surface area contributed by atoms with E-state index in [-0.39, 0.29) is 35.2 Å². The van der Waals surface area contributed by atoms with Crippen molar-refractivity contribution in [1.29, 1.82) is 0 Å². The standard InChI is InChI=1S/C22H25FN2O3/c1-2-15-14-25(22(28)16-6-8-18(23)9-7-16)11-10-17(15)12-21(27)24-19-4-3-5-20(26)13-19/h3-9,13,15,17,26H,2,10-12,14H2,1H3,(H,24,27)/t15-,17+/m1/s1. The van der Waals surface area contributed by atoms with E-state index in [0.29, 0.717) is 30.8 Å². The van der Waals surface area contributed by atoms with Gasteiger partial charge in [0.15, 0.2) is 0 Å². The van der Waals surface area contributed by atoms with Gasteiger partial charge in [0, 0.05) is 36.8 Å².